The summed E-state index contributed by atoms with van der Waals surface area (Å²) >= 11 is 0. The lowest BCUT2D eigenvalue weighted by atomic mass is 10.1. The highest BCUT2D eigenvalue weighted by Crippen LogP contribution is 2.14. The molecule has 0 aromatic heterocycles. The van der Waals surface area contributed by atoms with E-state index in [2.05, 4.69) is 0 Å². The molecule has 0 saturated heterocycles. The molecule has 0 radical (unpaired) electrons. The number of benzene rings is 1. The highest BCUT2D eigenvalue weighted by Gasteiger charge is 2.28. The van der Waals surface area contributed by atoms with Gasteiger partial charge in [0.2, 0.25) is 0 Å². The summed E-state index contributed by atoms with van der Waals surface area (Å²) in [5.74, 6) is -2.03. The number of hydrogen-bond donors (Lipinski definition) is 2. The van der Waals surface area contributed by atoms with Crippen LogP contribution in [0, 0.1) is 0 Å². The summed E-state index contributed by atoms with van der Waals surface area (Å²) in [4.78, 5) is 22.7. The first-order valence-electron chi connectivity index (χ1n) is 5.78. The lowest BCUT2D eigenvalue weighted by Crippen LogP contribution is -2.34. The van der Waals surface area contributed by atoms with Crippen molar-refractivity contribution in [2.75, 3.05) is 13.1 Å². The first-order valence-corrected chi connectivity index (χ1v) is 5.78. The number of halogens is 6. The predicted octanol–water partition coefficient (Wildman–Crippen LogP) is 2.27. The highest BCUT2D eigenvalue weighted by molar-refractivity contribution is 5.97. The summed E-state index contributed by atoms with van der Waals surface area (Å²) in [6.45, 7) is -3.03. The van der Waals surface area contributed by atoms with Crippen molar-refractivity contribution in [3.8, 4) is 0 Å². The number of amides is 2. The fourth-order valence-corrected chi connectivity index (χ4v) is 1.34. The van der Waals surface area contributed by atoms with Crippen LogP contribution >= 0.6 is 0 Å². The molecule has 0 aliphatic carbocycles. The molecule has 4 nitrogen and oxygen atoms in total. The molecule has 0 bridgehead atoms. The van der Waals surface area contributed by atoms with Crippen LogP contribution in [0.3, 0.4) is 0 Å². The van der Waals surface area contributed by atoms with Crippen molar-refractivity contribution in [2.45, 2.75) is 12.4 Å². The third-order valence-electron chi connectivity index (χ3n) is 2.31. The van der Waals surface area contributed by atoms with Gasteiger partial charge in [0.05, 0.1) is 0 Å². The quantitative estimate of drug-likeness (QED) is 0.833. The highest BCUT2D eigenvalue weighted by atomic mass is 19.4. The fourth-order valence-electron chi connectivity index (χ4n) is 1.34. The molecule has 10 heteroatoms. The van der Waals surface area contributed by atoms with Gasteiger partial charge in [-0.15, -0.1) is 0 Å². The number of alkyl halides is 6. The van der Waals surface area contributed by atoms with E-state index in [-0.39, 0.29) is 11.1 Å². The summed E-state index contributed by atoms with van der Waals surface area (Å²) in [7, 11) is 0. The summed E-state index contributed by atoms with van der Waals surface area (Å²) in [5.41, 5.74) is -0.312. The van der Waals surface area contributed by atoms with Crippen molar-refractivity contribution in [1.29, 1.82) is 0 Å². The van der Waals surface area contributed by atoms with Gasteiger partial charge in [-0.25, -0.2) is 0 Å². The van der Waals surface area contributed by atoms with E-state index in [9.17, 15) is 35.9 Å². The Balaban J connectivity index is 2.62. The fraction of sp³-hybridized carbons (Fsp3) is 0.333. The second kappa shape index (κ2) is 6.67. The van der Waals surface area contributed by atoms with Crippen LogP contribution in [0.5, 0.6) is 0 Å². The van der Waals surface area contributed by atoms with Crippen LogP contribution in [-0.2, 0) is 0 Å². The minimum absolute atomic E-state index is 0.156. The van der Waals surface area contributed by atoms with Gasteiger partial charge in [0.25, 0.3) is 11.8 Å². The van der Waals surface area contributed by atoms with Crippen molar-refractivity contribution in [3.63, 3.8) is 0 Å². The normalized spacial score (nSPS) is 11.9. The lowest BCUT2D eigenvalue weighted by molar-refractivity contribution is -0.123. The van der Waals surface area contributed by atoms with Crippen LogP contribution in [0.4, 0.5) is 26.3 Å². The first-order chi connectivity index (χ1) is 9.98. The number of rotatable bonds is 4. The van der Waals surface area contributed by atoms with Crippen LogP contribution in [0.2, 0.25) is 0 Å². The van der Waals surface area contributed by atoms with E-state index in [1.165, 1.54) is 0 Å². The molecule has 0 saturated carbocycles. The van der Waals surface area contributed by atoms with Crippen molar-refractivity contribution in [1.82, 2.24) is 10.6 Å². The van der Waals surface area contributed by atoms with Gasteiger partial charge in [0.1, 0.15) is 13.1 Å². The van der Waals surface area contributed by atoms with Crippen LogP contribution in [-0.4, -0.2) is 37.3 Å². The van der Waals surface area contributed by atoms with Gasteiger partial charge in [0, 0.05) is 11.1 Å². The molecule has 1 aromatic rings. The molecular formula is C12H10F6N2O2. The lowest BCUT2D eigenvalue weighted by Gasteiger charge is -2.10. The summed E-state index contributed by atoms with van der Waals surface area (Å²) in [6, 6.07) is 4.14. The Bertz CT molecular complexity index is 487. The Morgan fingerprint density at radius 3 is 1.23 bits per heavy atom. The van der Waals surface area contributed by atoms with Gasteiger partial charge in [-0.2, -0.15) is 26.3 Å². The zero-order valence-corrected chi connectivity index (χ0v) is 10.8. The van der Waals surface area contributed by atoms with E-state index in [1.54, 1.807) is 10.6 Å². The zero-order valence-electron chi connectivity index (χ0n) is 10.8. The Kier molecular flexibility index (Phi) is 5.39. The van der Waals surface area contributed by atoms with E-state index in [4.69, 9.17) is 0 Å². The SMILES string of the molecule is O=C(NCC(F)(F)F)c1ccc(C(=O)NCC(F)(F)F)cc1. The van der Waals surface area contributed by atoms with E-state index < -0.39 is 37.3 Å². The smallest absolute Gasteiger partial charge is 0.343 e. The maximum Gasteiger partial charge on any atom is 0.405 e. The number of nitrogens with one attached hydrogen (secondary N) is 2. The summed E-state index contributed by atoms with van der Waals surface area (Å²) in [6.07, 6.45) is -9.12. The Labute approximate surface area is 120 Å². The number of carbonyl (C=O) groups excluding carboxylic acids is 2. The van der Waals surface area contributed by atoms with E-state index >= 15 is 0 Å². The molecule has 122 valence electrons. The van der Waals surface area contributed by atoms with Gasteiger partial charge >= 0.3 is 12.4 Å². The van der Waals surface area contributed by atoms with Crippen molar-refractivity contribution >= 4 is 11.8 Å². The van der Waals surface area contributed by atoms with Crippen LogP contribution in [0.25, 0.3) is 0 Å². The number of hydrogen-bond acceptors (Lipinski definition) is 2. The Morgan fingerprint density at radius 2 is 1.00 bits per heavy atom. The molecule has 1 rings (SSSR count). The second-order valence-corrected chi connectivity index (χ2v) is 4.17. The van der Waals surface area contributed by atoms with Crippen LogP contribution < -0.4 is 10.6 Å². The minimum Gasteiger partial charge on any atom is -0.343 e. The molecule has 0 unspecified atom stereocenters. The van der Waals surface area contributed by atoms with Crippen LogP contribution in [0.15, 0.2) is 24.3 Å². The first kappa shape index (κ1) is 17.8. The molecule has 0 heterocycles. The summed E-state index contributed by atoms with van der Waals surface area (Å²) < 4.78 is 71.5. The standard InChI is InChI=1S/C12H10F6N2O2/c13-11(14,15)5-19-9(21)7-1-2-8(4-3-7)10(22)20-6-12(16,17)18/h1-4H,5-6H2,(H,19,21)(H,20,22). The molecule has 1 aromatic carbocycles. The van der Waals surface area contributed by atoms with E-state index in [0.29, 0.717) is 0 Å². The van der Waals surface area contributed by atoms with Crippen molar-refractivity contribution < 1.29 is 35.9 Å². The molecular weight excluding hydrogens is 318 g/mol. The number of carbonyl (C=O) groups is 2. The van der Waals surface area contributed by atoms with Crippen molar-refractivity contribution in [3.05, 3.63) is 35.4 Å². The monoisotopic (exact) mass is 328 g/mol. The molecule has 2 N–H and O–H groups in total. The van der Waals surface area contributed by atoms with Gasteiger partial charge in [0.15, 0.2) is 0 Å². The van der Waals surface area contributed by atoms with Gasteiger partial charge in [-0.05, 0) is 24.3 Å². The molecule has 0 aliphatic heterocycles. The minimum atomic E-state index is -4.56. The van der Waals surface area contributed by atoms with E-state index in [0.717, 1.165) is 24.3 Å². The van der Waals surface area contributed by atoms with Gasteiger partial charge in [-0.3, -0.25) is 9.59 Å². The third kappa shape index (κ3) is 6.46. The predicted molar refractivity (Wildman–Crippen MR) is 63.2 cm³/mol. The Morgan fingerprint density at radius 1 is 0.727 bits per heavy atom. The average Bonchev–Trinajstić information content (AvgIpc) is 2.40. The zero-order chi connectivity index (χ0) is 17.0. The molecule has 0 fully saturated rings. The molecule has 0 aliphatic rings. The maximum atomic E-state index is 11.9. The second-order valence-electron chi connectivity index (χ2n) is 4.17. The Hall–Kier alpha value is -2.26. The summed E-state index contributed by atoms with van der Waals surface area (Å²) in [5, 5.41) is 3.24. The molecule has 0 spiro atoms. The molecule has 2 amide bonds. The van der Waals surface area contributed by atoms with Gasteiger partial charge in [-0.1, -0.05) is 0 Å². The maximum absolute atomic E-state index is 11.9. The topological polar surface area (TPSA) is 58.2 Å². The molecule has 0 atom stereocenters. The largest absolute Gasteiger partial charge is 0.405 e. The van der Waals surface area contributed by atoms with Crippen molar-refractivity contribution in [2.24, 2.45) is 0 Å². The van der Waals surface area contributed by atoms with E-state index in [1.807, 2.05) is 0 Å². The third-order valence-corrected chi connectivity index (χ3v) is 2.31. The van der Waals surface area contributed by atoms with Crippen LogP contribution in [0.1, 0.15) is 20.7 Å². The molecule has 22 heavy (non-hydrogen) atoms. The van der Waals surface area contributed by atoms with Gasteiger partial charge < -0.3 is 10.6 Å². The average molecular weight is 328 g/mol.